The summed E-state index contributed by atoms with van der Waals surface area (Å²) in [6.45, 7) is 5.66. The third-order valence-corrected chi connectivity index (χ3v) is 2.56. The third kappa shape index (κ3) is 7.58. The second kappa shape index (κ2) is 8.66. The Balaban J connectivity index is 4.34. The minimum atomic E-state index is -1.30. The largest absolute Gasteiger partial charge is 0.478 e. The SMILES string of the molecule is CCCCCOOCC(C)(C)/C(=C\C(=O)O)C(=O)O. The lowest BCUT2D eigenvalue weighted by atomic mass is 9.85. The van der Waals surface area contributed by atoms with Gasteiger partial charge in [0.05, 0.1) is 18.8 Å². The Hall–Kier alpha value is -1.40. The summed E-state index contributed by atoms with van der Waals surface area (Å²) in [5, 5.41) is 17.7. The van der Waals surface area contributed by atoms with Gasteiger partial charge >= 0.3 is 11.9 Å². The molecule has 0 bridgehead atoms. The fraction of sp³-hybridized carbons (Fsp3) is 0.692. The Morgan fingerprint density at radius 2 is 1.79 bits per heavy atom. The standard InChI is InChI=1S/C13H22O6/c1-4-5-6-7-18-19-9-13(2,3)10(12(16)17)8-11(14)15/h8H,4-7,9H2,1-3H3,(H,14,15)(H,16,17)/b10-8-. The van der Waals surface area contributed by atoms with Gasteiger partial charge < -0.3 is 10.2 Å². The van der Waals surface area contributed by atoms with Gasteiger partial charge in [0.2, 0.25) is 0 Å². The van der Waals surface area contributed by atoms with Crippen LogP contribution in [0.5, 0.6) is 0 Å². The molecule has 0 atom stereocenters. The van der Waals surface area contributed by atoms with Crippen LogP contribution in [0, 0.1) is 5.41 Å². The summed E-state index contributed by atoms with van der Waals surface area (Å²) in [6, 6.07) is 0. The topological polar surface area (TPSA) is 93.1 Å². The zero-order valence-electron chi connectivity index (χ0n) is 11.6. The van der Waals surface area contributed by atoms with E-state index in [1.165, 1.54) is 0 Å². The van der Waals surface area contributed by atoms with Gasteiger partial charge in [0.25, 0.3) is 0 Å². The van der Waals surface area contributed by atoms with E-state index in [1.54, 1.807) is 13.8 Å². The first-order valence-corrected chi connectivity index (χ1v) is 6.24. The minimum absolute atomic E-state index is 0.0233. The number of rotatable bonds is 10. The summed E-state index contributed by atoms with van der Waals surface area (Å²) >= 11 is 0. The van der Waals surface area contributed by atoms with Gasteiger partial charge in [0.15, 0.2) is 0 Å². The predicted octanol–water partition coefficient (Wildman–Crippen LogP) is 2.25. The van der Waals surface area contributed by atoms with Gasteiger partial charge in [-0.05, 0) is 6.42 Å². The summed E-state index contributed by atoms with van der Waals surface area (Å²) < 4.78 is 0. The van der Waals surface area contributed by atoms with E-state index in [0.717, 1.165) is 19.3 Å². The summed E-state index contributed by atoms with van der Waals surface area (Å²) in [6.07, 6.45) is 3.65. The molecule has 0 aliphatic heterocycles. The molecular weight excluding hydrogens is 252 g/mol. The molecular formula is C13H22O6. The third-order valence-electron chi connectivity index (χ3n) is 2.56. The quantitative estimate of drug-likeness (QED) is 0.275. The summed E-state index contributed by atoms with van der Waals surface area (Å²) in [5.74, 6) is -2.57. The van der Waals surface area contributed by atoms with Crippen LogP contribution in [0.4, 0.5) is 0 Å². The molecule has 0 heterocycles. The molecule has 19 heavy (non-hydrogen) atoms. The molecule has 0 aromatic carbocycles. The normalized spacial score (nSPS) is 12.5. The van der Waals surface area contributed by atoms with Crippen LogP contribution in [0.25, 0.3) is 0 Å². The molecule has 0 spiro atoms. The second-order valence-electron chi connectivity index (χ2n) is 4.88. The van der Waals surface area contributed by atoms with Gasteiger partial charge in [0.1, 0.15) is 0 Å². The van der Waals surface area contributed by atoms with E-state index in [4.69, 9.17) is 20.0 Å². The maximum absolute atomic E-state index is 11.0. The highest BCUT2D eigenvalue weighted by Crippen LogP contribution is 2.27. The van der Waals surface area contributed by atoms with Crippen molar-refractivity contribution in [2.75, 3.05) is 13.2 Å². The van der Waals surface area contributed by atoms with Gasteiger partial charge in [-0.15, -0.1) is 0 Å². The van der Waals surface area contributed by atoms with Crippen molar-refractivity contribution in [3.05, 3.63) is 11.6 Å². The van der Waals surface area contributed by atoms with E-state index in [0.29, 0.717) is 12.7 Å². The average Bonchev–Trinajstić information content (AvgIpc) is 2.30. The number of hydrogen-bond donors (Lipinski definition) is 2. The van der Waals surface area contributed by atoms with Gasteiger partial charge in [-0.2, -0.15) is 0 Å². The lowest BCUT2D eigenvalue weighted by Gasteiger charge is -2.24. The zero-order chi connectivity index (χ0) is 14.9. The van der Waals surface area contributed by atoms with Crippen molar-refractivity contribution >= 4 is 11.9 Å². The van der Waals surface area contributed by atoms with Crippen molar-refractivity contribution in [3.63, 3.8) is 0 Å². The zero-order valence-corrected chi connectivity index (χ0v) is 11.6. The molecule has 0 rings (SSSR count). The van der Waals surface area contributed by atoms with Crippen molar-refractivity contribution in [1.82, 2.24) is 0 Å². The first-order chi connectivity index (χ1) is 8.81. The number of carboxylic acids is 2. The number of hydrogen-bond acceptors (Lipinski definition) is 4. The molecule has 0 saturated heterocycles. The van der Waals surface area contributed by atoms with Crippen molar-refractivity contribution in [2.24, 2.45) is 5.41 Å². The molecule has 0 unspecified atom stereocenters. The Kier molecular flexibility index (Phi) is 8.02. The molecule has 0 aromatic rings. The van der Waals surface area contributed by atoms with Crippen LogP contribution in [-0.4, -0.2) is 35.4 Å². The van der Waals surface area contributed by atoms with E-state index in [9.17, 15) is 9.59 Å². The molecule has 0 fully saturated rings. The summed E-state index contributed by atoms with van der Waals surface area (Å²) in [5.41, 5.74) is -1.17. The molecule has 6 heteroatoms. The monoisotopic (exact) mass is 274 g/mol. The second-order valence-corrected chi connectivity index (χ2v) is 4.88. The van der Waals surface area contributed by atoms with Crippen molar-refractivity contribution < 1.29 is 29.6 Å². The molecule has 0 aromatic heterocycles. The van der Waals surface area contributed by atoms with Crippen LogP contribution in [0.15, 0.2) is 11.6 Å². The van der Waals surface area contributed by atoms with Gasteiger partial charge in [-0.1, -0.05) is 33.6 Å². The van der Waals surface area contributed by atoms with E-state index < -0.39 is 17.4 Å². The highest BCUT2D eigenvalue weighted by Gasteiger charge is 2.30. The first-order valence-electron chi connectivity index (χ1n) is 6.24. The first kappa shape index (κ1) is 17.6. The summed E-state index contributed by atoms with van der Waals surface area (Å²) in [4.78, 5) is 31.5. The Morgan fingerprint density at radius 3 is 2.26 bits per heavy atom. The van der Waals surface area contributed by atoms with Crippen LogP contribution < -0.4 is 0 Å². The van der Waals surface area contributed by atoms with Crippen LogP contribution in [0.1, 0.15) is 40.0 Å². The van der Waals surface area contributed by atoms with Crippen LogP contribution in [-0.2, 0) is 19.4 Å². The van der Waals surface area contributed by atoms with Crippen molar-refractivity contribution in [2.45, 2.75) is 40.0 Å². The summed E-state index contributed by atoms with van der Waals surface area (Å²) in [7, 11) is 0. The molecule has 0 saturated carbocycles. The van der Waals surface area contributed by atoms with E-state index in [1.807, 2.05) is 0 Å². The fourth-order valence-corrected chi connectivity index (χ4v) is 1.41. The minimum Gasteiger partial charge on any atom is -0.478 e. The van der Waals surface area contributed by atoms with Crippen molar-refractivity contribution in [1.29, 1.82) is 0 Å². The number of unbranched alkanes of at least 4 members (excludes halogenated alkanes) is 2. The predicted molar refractivity (Wildman–Crippen MR) is 68.6 cm³/mol. The maximum Gasteiger partial charge on any atom is 0.332 e. The molecule has 110 valence electrons. The van der Waals surface area contributed by atoms with E-state index in [-0.39, 0.29) is 12.2 Å². The molecule has 0 aliphatic rings. The van der Waals surface area contributed by atoms with Gasteiger partial charge in [0, 0.05) is 11.5 Å². The maximum atomic E-state index is 11.0. The fourth-order valence-electron chi connectivity index (χ4n) is 1.41. The molecule has 0 radical (unpaired) electrons. The Morgan fingerprint density at radius 1 is 1.16 bits per heavy atom. The van der Waals surface area contributed by atoms with E-state index in [2.05, 4.69) is 6.92 Å². The number of aliphatic carboxylic acids is 2. The number of carbonyl (C=O) groups is 2. The molecule has 2 N–H and O–H groups in total. The average molecular weight is 274 g/mol. The Bertz CT molecular complexity index is 332. The van der Waals surface area contributed by atoms with Gasteiger partial charge in [-0.25, -0.2) is 19.4 Å². The Labute approximate surface area is 112 Å². The van der Waals surface area contributed by atoms with Crippen molar-refractivity contribution in [3.8, 4) is 0 Å². The number of carboxylic acid groups (broad SMARTS) is 2. The lowest BCUT2D eigenvalue weighted by Crippen LogP contribution is -2.27. The molecule has 0 amide bonds. The lowest BCUT2D eigenvalue weighted by molar-refractivity contribution is -0.305. The molecule has 6 nitrogen and oxygen atoms in total. The molecule has 0 aliphatic carbocycles. The van der Waals surface area contributed by atoms with Gasteiger partial charge in [-0.3, -0.25) is 0 Å². The van der Waals surface area contributed by atoms with E-state index >= 15 is 0 Å². The van der Waals surface area contributed by atoms with Crippen LogP contribution in [0.2, 0.25) is 0 Å². The van der Waals surface area contributed by atoms with Crippen LogP contribution in [0.3, 0.4) is 0 Å². The van der Waals surface area contributed by atoms with Crippen LogP contribution >= 0.6 is 0 Å². The highest BCUT2D eigenvalue weighted by molar-refractivity contribution is 5.95. The highest BCUT2D eigenvalue weighted by atomic mass is 17.2. The smallest absolute Gasteiger partial charge is 0.332 e.